The van der Waals surface area contributed by atoms with Gasteiger partial charge in [0.1, 0.15) is 11.9 Å². The molecule has 0 aromatic rings. The minimum Gasteiger partial charge on any atom is -0.391 e. The van der Waals surface area contributed by atoms with Crippen LogP contribution in [0.3, 0.4) is 0 Å². The first-order chi connectivity index (χ1) is 13.4. The summed E-state index contributed by atoms with van der Waals surface area (Å²) in [6, 6.07) is 0. The van der Waals surface area contributed by atoms with Crippen LogP contribution in [0.1, 0.15) is 78.6 Å². The van der Waals surface area contributed by atoms with Crippen LogP contribution in [0.15, 0.2) is 5.16 Å². The number of nitrogens with zero attached hydrogens (tertiary/aromatic N) is 1. The van der Waals surface area contributed by atoms with Gasteiger partial charge in [0.2, 0.25) is 0 Å². The average Bonchev–Trinajstić information content (AvgIpc) is 3.29. The van der Waals surface area contributed by atoms with Crippen molar-refractivity contribution in [2.45, 2.75) is 84.7 Å². The summed E-state index contributed by atoms with van der Waals surface area (Å²) in [6.45, 7) is 9.36. The zero-order valence-corrected chi connectivity index (χ0v) is 18.0. The summed E-state index contributed by atoms with van der Waals surface area (Å²) in [5.74, 6) is 4.23. The lowest BCUT2D eigenvalue weighted by Gasteiger charge is -2.61. The lowest BCUT2D eigenvalue weighted by atomic mass is 9.43. The fraction of sp³-hybridized carbons (Fsp3) is 0.917. The van der Waals surface area contributed by atoms with Gasteiger partial charge in [0, 0.05) is 24.8 Å². The van der Waals surface area contributed by atoms with Crippen LogP contribution in [0.2, 0.25) is 0 Å². The van der Waals surface area contributed by atoms with E-state index in [1.165, 1.54) is 25.0 Å². The van der Waals surface area contributed by atoms with Crippen LogP contribution in [0.4, 0.5) is 0 Å². The molecule has 0 spiro atoms. The van der Waals surface area contributed by atoms with Gasteiger partial charge in [-0.3, -0.25) is 4.79 Å². The molecule has 0 bridgehead atoms. The highest BCUT2D eigenvalue weighted by Crippen LogP contribution is 2.66. The lowest BCUT2D eigenvalue weighted by Crippen LogP contribution is -2.56. The fourth-order valence-electron chi connectivity index (χ4n) is 8.25. The maximum absolute atomic E-state index is 12.6. The minimum absolute atomic E-state index is 0.00543. The molecular weight excluding hydrogens is 348 g/mol. The molecule has 5 aliphatic rings. The van der Waals surface area contributed by atoms with E-state index >= 15 is 0 Å². The molecule has 1 saturated heterocycles. The summed E-state index contributed by atoms with van der Waals surface area (Å²) < 4.78 is 0. The van der Waals surface area contributed by atoms with Crippen molar-refractivity contribution in [2.75, 3.05) is 13.1 Å². The number of hydrogen-bond acceptors (Lipinski definition) is 4. The van der Waals surface area contributed by atoms with Crippen molar-refractivity contribution in [1.29, 1.82) is 0 Å². The number of ketones is 1. The van der Waals surface area contributed by atoms with Crippen molar-refractivity contribution in [3.63, 3.8) is 0 Å². The van der Waals surface area contributed by atoms with Crippen molar-refractivity contribution in [1.82, 2.24) is 5.32 Å². The molecule has 8 atom stereocenters. The molecule has 0 aromatic carbocycles. The predicted octanol–water partition coefficient (Wildman–Crippen LogP) is 4.58. The summed E-state index contributed by atoms with van der Waals surface area (Å²) in [6.07, 6.45) is 10.5. The van der Waals surface area contributed by atoms with Gasteiger partial charge < -0.3 is 10.2 Å². The Morgan fingerprint density at radius 1 is 1.07 bits per heavy atom. The summed E-state index contributed by atoms with van der Waals surface area (Å²) in [5, 5.41) is 7.99. The molecule has 1 unspecified atom stereocenters. The molecule has 1 aliphatic heterocycles. The second kappa shape index (κ2) is 6.82. The maximum Gasteiger partial charge on any atom is 0.141 e. The molecule has 4 saturated carbocycles. The second-order valence-corrected chi connectivity index (χ2v) is 11.2. The molecule has 4 heteroatoms. The largest absolute Gasteiger partial charge is 0.391 e. The highest BCUT2D eigenvalue weighted by Gasteiger charge is 2.61. The van der Waals surface area contributed by atoms with Crippen molar-refractivity contribution < 1.29 is 9.63 Å². The first kappa shape index (κ1) is 19.1. The molecule has 0 amide bonds. The topological polar surface area (TPSA) is 50.7 Å². The monoisotopic (exact) mass is 386 g/mol. The molecule has 4 nitrogen and oxygen atoms in total. The molecule has 28 heavy (non-hydrogen) atoms. The van der Waals surface area contributed by atoms with Crippen LogP contribution in [0, 0.1) is 40.4 Å². The van der Waals surface area contributed by atoms with Gasteiger partial charge in [0.05, 0.1) is 5.71 Å². The van der Waals surface area contributed by atoms with Crippen LogP contribution >= 0.6 is 0 Å². The van der Waals surface area contributed by atoms with Crippen molar-refractivity contribution in [3.8, 4) is 0 Å². The molecule has 0 radical (unpaired) electrons. The van der Waals surface area contributed by atoms with Crippen molar-refractivity contribution >= 4 is 11.5 Å². The van der Waals surface area contributed by atoms with Gasteiger partial charge >= 0.3 is 0 Å². The third-order valence-corrected chi connectivity index (χ3v) is 9.92. The summed E-state index contributed by atoms with van der Waals surface area (Å²) in [7, 11) is 0. The summed E-state index contributed by atoms with van der Waals surface area (Å²) in [4.78, 5) is 18.5. The highest BCUT2D eigenvalue weighted by molar-refractivity contribution is 5.87. The number of hydrogen-bond donors (Lipinski definition) is 1. The Hall–Kier alpha value is -0.900. The van der Waals surface area contributed by atoms with Gasteiger partial charge in [-0.2, -0.15) is 0 Å². The van der Waals surface area contributed by atoms with Gasteiger partial charge in [-0.15, -0.1) is 0 Å². The number of nitrogens with one attached hydrogen (secondary N) is 1. The number of carbonyl (C=O) groups is 1. The van der Waals surface area contributed by atoms with Crippen LogP contribution in [0.5, 0.6) is 0 Å². The number of Topliss-reactive ketones (excluding diaryl/α,β-unsaturated/α-hetero) is 1. The first-order valence-corrected chi connectivity index (χ1v) is 11.9. The number of oxime groups is 1. The molecule has 4 aliphatic carbocycles. The van der Waals surface area contributed by atoms with Crippen molar-refractivity contribution in [3.05, 3.63) is 0 Å². The third-order valence-electron chi connectivity index (χ3n) is 9.92. The Morgan fingerprint density at radius 3 is 2.71 bits per heavy atom. The Kier molecular flexibility index (Phi) is 4.65. The lowest BCUT2D eigenvalue weighted by molar-refractivity contribution is -0.141. The van der Waals surface area contributed by atoms with Gasteiger partial charge in [0.15, 0.2) is 0 Å². The van der Waals surface area contributed by atoms with Crippen LogP contribution in [-0.4, -0.2) is 30.7 Å². The standard InChI is InChI=1S/C24H38N2O2/c1-15-12-18-19-4-5-22(27)24(19,3)10-7-20(18)23(2)9-6-16(13-21(15)23)26-28-17-8-11-25-14-17/h15,17-21,25H,4-14H2,1-3H3/b26-16-/t15-,17+,18-,19-,20-,21?,23+,24-/m0/s1. The normalized spacial score (nSPS) is 52.2. The van der Waals surface area contributed by atoms with E-state index in [1.54, 1.807) is 0 Å². The third kappa shape index (κ3) is 2.80. The van der Waals surface area contributed by atoms with Crippen LogP contribution in [0.25, 0.3) is 0 Å². The van der Waals surface area contributed by atoms with Gasteiger partial charge in [0.25, 0.3) is 0 Å². The molecule has 1 heterocycles. The zero-order chi connectivity index (χ0) is 19.5. The smallest absolute Gasteiger partial charge is 0.141 e. The number of carbonyl (C=O) groups excluding carboxylic acids is 1. The van der Waals surface area contributed by atoms with E-state index in [0.717, 1.165) is 75.3 Å². The van der Waals surface area contributed by atoms with E-state index in [4.69, 9.17) is 4.84 Å². The highest BCUT2D eigenvalue weighted by atomic mass is 16.6. The average molecular weight is 387 g/mol. The quantitative estimate of drug-likeness (QED) is 0.707. The minimum atomic E-state index is -0.00543. The molecule has 156 valence electrons. The molecular formula is C24H38N2O2. The molecule has 5 rings (SSSR count). The summed E-state index contributed by atoms with van der Waals surface area (Å²) >= 11 is 0. The Labute approximate surface area is 170 Å². The first-order valence-electron chi connectivity index (χ1n) is 11.9. The number of rotatable bonds is 2. The second-order valence-electron chi connectivity index (χ2n) is 11.2. The Bertz CT molecular complexity index is 670. The fourth-order valence-corrected chi connectivity index (χ4v) is 8.25. The van der Waals surface area contributed by atoms with E-state index in [2.05, 4.69) is 31.2 Å². The van der Waals surface area contributed by atoms with E-state index in [0.29, 0.717) is 17.1 Å². The summed E-state index contributed by atoms with van der Waals surface area (Å²) in [5.41, 5.74) is 1.72. The SMILES string of the molecule is C[C@H]1C[C@@H]2[C@H](CC[C@]3(C)C(=O)CC[C@@H]23)[C@@]2(C)CC/C(=N/O[C@@H]3CCNC3)CC12. The van der Waals surface area contributed by atoms with E-state index in [1.807, 2.05) is 0 Å². The van der Waals surface area contributed by atoms with E-state index < -0.39 is 0 Å². The van der Waals surface area contributed by atoms with Gasteiger partial charge in [-0.1, -0.05) is 25.9 Å². The van der Waals surface area contributed by atoms with Crippen LogP contribution < -0.4 is 5.32 Å². The maximum atomic E-state index is 12.6. The Balaban J connectivity index is 1.34. The van der Waals surface area contributed by atoms with Crippen LogP contribution in [-0.2, 0) is 9.63 Å². The van der Waals surface area contributed by atoms with E-state index in [-0.39, 0.29) is 11.5 Å². The molecule has 0 aromatic heterocycles. The van der Waals surface area contributed by atoms with Gasteiger partial charge in [-0.05, 0) is 86.5 Å². The van der Waals surface area contributed by atoms with E-state index in [9.17, 15) is 4.79 Å². The predicted molar refractivity (Wildman–Crippen MR) is 111 cm³/mol. The van der Waals surface area contributed by atoms with Crippen molar-refractivity contribution in [2.24, 2.45) is 45.6 Å². The molecule has 5 fully saturated rings. The Morgan fingerprint density at radius 2 is 1.93 bits per heavy atom. The molecule has 1 N–H and O–H groups in total. The van der Waals surface area contributed by atoms with Gasteiger partial charge in [-0.25, -0.2) is 0 Å². The number of fused-ring (bicyclic) bond motifs is 5. The zero-order valence-electron chi connectivity index (χ0n) is 18.0.